The normalized spacial score (nSPS) is 16.6. The fourth-order valence-corrected chi connectivity index (χ4v) is 2.57. The molecule has 3 nitrogen and oxygen atoms in total. The van der Waals surface area contributed by atoms with Gasteiger partial charge in [0.05, 0.1) is 0 Å². The van der Waals surface area contributed by atoms with Gasteiger partial charge in [-0.15, -0.1) is 0 Å². The number of hydrogen-bond acceptors (Lipinski definition) is 3. The van der Waals surface area contributed by atoms with E-state index < -0.39 is 0 Å². The third kappa shape index (κ3) is 2.69. The highest BCUT2D eigenvalue weighted by Crippen LogP contribution is 2.40. The highest BCUT2D eigenvalue weighted by Gasteiger charge is 2.25. The van der Waals surface area contributed by atoms with Crippen LogP contribution in [0.25, 0.3) is 4.48 Å². The summed E-state index contributed by atoms with van der Waals surface area (Å²) < 4.78 is 11.8. The first-order valence-corrected chi connectivity index (χ1v) is 6.07. The lowest BCUT2D eigenvalue weighted by atomic mass is 10.0. The first-order valence-electron chi connectivity index (χ1n) is 5.27. The van der Waals surface area contributed by atoms with Gasteiger partial charge >= 0.3 is 5.97 Å². The molecule has 0 spiro atoms. The Labute approximate surface area is 109 Å². The molecule has 1 aromatic carbocycles. The maximum absolute atomic E-state index is 10.9. The fourth-order valence-electron chi connectivity index (χ4n) is 1.71. The third-order valence-corrected chi connectivity index (χ3v) is 2.97. The van der Waals surface area contributed by atoms with E-state index in [2.05, 4.69) is 15.9 Å². The van der Waals surface area contributed by atoms with Crippen LogP contribution >= 0.6 is 15.9 Å². The van der Waals surface area contributed by atoms with Crippen LogP contribution in [-0.4, -0.2) is 11.6 Å². The first-order chi connectivity index (χ1) is 7.87. The SMILES string of the molecule is CC(=O)Oc1ccc2c(c1)C(Br)=CC(C)(C)O2. The number of carbonyl (C=O) groups excluding carboxylic acids is 1. The van der Waals surface area contributed by atoms with Gasteiger partial charge in [0.15, 0.2) is 0 Å². The van der Waals surface area contributed by atoms with Gasteiger partial charge in [-0.2, -0.15) is 0 Å². The van der Waals surface area contributed by atoms with Crippen molar-refractivity contribution in [3.05, 3.63) is 29.8 Å². The van der Waals surface area contributed by atoms with E-state index in [-0.39, 0.29) is 11.6 Å². The maximum Gasteiger partial charge on any atom is 0.308 e. The predicted octanol–water partition coefficient (Wildman–Crippen LogP) is 3.52. The highest BCUT2D eigenvalue weighted by atomic mass is 79.9. The molecule has 1 aliphatic heterocycles. The van der Waals surface area contributed by atoms with Crippen molar-refractivity contribution in [3.8, 4) is 11.5 Å². The molecule has 1 aliphatic rings. The van der Waals surface area contributed by atoms with E-state index in [1.165, 1.54) is 6.92 Å². The summed E-state index contributed by atoms with van der Waals surface area (Å²) in [5.74, 6) is 0.965. The number of rotatable bonds is 1. The van der Waals surface area contributed by atoms with Crippen LogP contribution < -0.4 is 9.47 Å². The van der Waals surface area contributed by atoms with Crippen molar-refractivity contribution in [1.82, 2.24) is 0 Å². The second-order valence-corrected chi connectivity index (χ2v) is 5.30. The number of fused-ring (bicyclic) bond motifs is 1. The topological polar surface area (TPSA) is 35.5 Å². The van der Waals surface area contributed by atoms with E-state index in [9.17, 15) is 4.79 Å². The molecular formula is C13H13BrO3. The molecule has 0 amide bonds. The monoisotopic (exact) mass is 296 g/mol. The van der Waals surface area contributed by atoms with Gasteiger partial charge in [0.1, 0.15) is 17.1 Å². The second-order valence-electron chi connectivity index (χ2n) is 4.45. The summed E-state index contributed by atoms with van der Waals surface area (Å²) >= 11 is 3.50. The van der Waals surface area contributed by atoms with E-state index >= 15 is 0 Å². The Morgan fingerprint density at radius 3 is 2.76 bits per heavy atom. The first kappa shape index (κ1) is 12.2. The zero-order valence-corrected chi connectivity index (χ0v) is 11.5. The van der Waals surface area contributed by atoms with Crippen LogP contribution in [0.4, 0.5) is 0 Å². The van der Waals surface area contributed by atoms with E-state index in [0.29, 0.717) is 5.75 Å². The molecule has 1 aromatic rings. The average Bonchev–Trinajstić information content (AvgIpc) is 2.16. The van der Waals surface area contributed by atoms with Crippen LogP contribution in [0.3, 0.4) is 0 Å². The van der Waals surface area contributed by atoms with Crippen molar-refractivity contribution < 1.29 is 14.3 Å². The highest BCUT2D eigenvalue weighted by molar-refractivity contribution is 9.15. The van der Waals surface area contributed by atoms with Gasteiger partial charge in [-0.05, 0) is 38.1 Å². The van der Waals surface area contributed by atoms with Gasteiger partial charge in [0.2, 0.25) is 0 Å². The minimum Gasteiger partial charge on any atom is -0.483 e. The van der Waals surface area contributed by atoms with Gasteiger partial charge in [0, 0.05) is 17.0 Å². The zero-order chi connectivity index (χ0) is 12.6. The van der Waals surface area contributed by atoms with E-state index in [4.69, 9.17) is 9.47 Å². The van der Waals surface area contributed by atoms with Gasteiger partial charge in [-0.3, -0.25) is 4.79 Å². The number of ether oxygens (including phenoxy) is 2. The number of esters is 1. The molecular weight excluding hydrogens is 284 g/mol. The Bertz CT molecular complexity index is 503. The van der Waals surface area contributed by atoms with Crippen molar-refractivity contribution >= 4 is 26.4 Å². The van der Waals surface area contributed by atoms with Crippen LogP contribution in [0.5, 0.6) is 11.5 Å². The Morgan fingerprint density at radius 2 is 2.12 bits per heavy atom. The van der Waals surface area contributed by atoms with Crippen molar-refractivity contribution in [2.45, 2.75) is 26.4 Å². The van der Waals surface area contributed by atoms with Crippen LogP contribution in [0.1, 0.15) is 26.3 Å². The molecule has 0 saturated heterocycles. The average molecular weight is 297 g/mol. The zero-order valence-electron chi connectivity index (χ0n) is 9.91. The molecule has 0 aromatic heterocycles. The van der Waals surface area contributed by atoms with Gasteiger partial charge in [-0.1, -0.05) is 15.9 Å². The summed E-state index contributed by atoms with van der Waals surface area (Å²) in [6.45, 7) is 5.35. The van der Waals surface area contributed by atoms with Crippen LogP contribution in [-0.2, 0) is 4.79 Å². The molecule has 90 valence electrons. The van der Waals surface area contributed by atoms with Crippen molar-refractivity contribution in [3.63, 3.8) is 0 Å². The smallest absolute Gasteiger partial charge is 0.308 e. The summed E-state index contributed by atoms with van der Waals surface area (Å²) in [5, 5.41) is 0. The third-order valence-electron chi connectivity index (χ3n) is 2.32. The quantitative estimate of drug-likeness (QED) is 0.587. The van der Waals surface area contributed by atoms with Crippen molar-refractivity contribution in [2.24, 2.45) is 0 Å². The molecule has 0 radical (unpaired) electrons. The molecule has 0 N–H and O–H groups in total. The largest absolute Gasteiger partial charge is 0.483 e. The Morgan fingerprint density at radius 1 is 1.41 bits per heavy atom. The molecule has 0 bridgehead atoms. The van der Waals surface area contributed by atoms with Crippen molar-refractivity contribution in [1.29, 1.82) is 0 Å². The molecule has 0 atom stereocenters. The molecule has 1 heterocycles. The summed E-state index contributed by atoms with van der Waals surface area (Å²) in [5.41, 5.74) is 0.553. The van der Waals surface area contributed by atoms with Crippen LogP contribution in [0.2, 0.25) is 0 Å². The van der Waals surface area contributed by atoms with E-state index in [1.54, 1.807) is 12.1 Å². The summed E-state index contributed by atoms with van der Waals surface area (Å²) in [6, 6.07) is 5.32. The lowest BCUT2D eigenvalue weighted by Crippen LogP contribution is -2.28. The lowest BCUT2D eigenvalue weighted by Gasteiger charge is -2.29. The van der Waals surface area contributed by atoms with Crippen LogP contribution in [0.15, 0.2) is 24.3 Å². The minimum atomic E-state index is -0.339. The van der Waals surface area contributed by atoms with Gasteiger partial charge in [0.25, 0.3) is 0 Å². The maximum atomic E-state index is 10.9. The Hall–Kier alpha value is -1.29. The minimum absolute atomic E-state index is 0.331. The lowest BCUT2D eigenvalue weighted by molar-refractivity contribution is -0.131. The summed E-state index contributed by atoms with van der Waals surface area (Å²) in [7, 11) is 0. The Kier molecular flexibility index (Phi) is 3.00. The molecule has 0 unspecified atom stereocenters. The fraction of sp³-hybridized carbons (Fsp3) is 0.308. The Balaban J connectivity index is 2.41. The molecule has 2 rings (SSSR count). The standard InChI is InChI=1S/C13H13BrO3/c1-8(15)16-9-4-5-12-10(6-9)11(14)7-13(2,3)17-12/h4-7H,1-3H3. The number of hydrogen-bond donors (Lipinski definition) is 0. The molecule has 0 saturated carbocycles. The molecule has 4 heteroatoms. The summed E-state index contributed by atoms with van der Waals surface area (Å²) in [4.78, 5) is 10.9. The van der Waals surface area contributed by atoms with Gasteiger partial charge in [-0.25, -0.2) is 0 Å². The molecule has 0 fully saturated rings. The summed E-state index contributed by atoms with van der Waals surface area (Å²) in [6.07, 6.45) is 1.98. The number of halogens is 1. The van der Waals surface area contributed by atoms with Gasteiger partial charge < -0.3 is 9.47 Å². The van der Waals surface area contributed by atoms with E-state index in [1.807, 2.05) is 26.0 Å². The molecule has 0 aliphatic carbocycles. The number of benzene rings is 1. The van der Waals surface area contributed by atoms with Crippen LogP contribution in [0, 0.1) is 0 Å². The van der Waals surface area contributed by atoms with Crippen molar-refractivity contribution in [2.75, 3.05) is 0 Å². The van der Waals surface area contributed by atoms with E-state index in [0.717, 1.165) is 15.8 Å². The second kappa shape index (κ2) is 4.18. The molecule has 17 heavy (non-hydrogen) atoms. The predicted molar refractivity (Wildman–Crippen MR) is 69.4 cm³/mol. The number of carbonyl (C=O) groups is 1.